The summed E-state index contributed by atoms with van der Waals surface area (Å²) in [7, 11) is 0. The van der Waals surface area contributed by atoms with Crippen molar-refractivity contribution in [3.8, 4) is 5.75 Å². The molecule has 0 unspecified atom stereocenters. The third-order valence-corrected chi connectivity index (χ3v) is 3.70. The van der Waals surface area contributed by atoms with Gasteiger partial charge in [-0.3, -0.25) is 0 Å². The van der Waals surface area contributed by atoms with E-state index in [9.17, 15) is 0 Å². The van der Waals surface area contributed by atoms with Crippen molar-refractivity contribution < 1.29 is 4.74 Å². The van der Waals surface area contributed by atoms with E-state index in [-0.39, 0.29) is 0 Å². The summed E-state index contributed by atoms with van der Waals surface area (Å²) in [6.07, 6.45) is 0. The monoisotopic (exact) mass is 261 g/mol. The van der Waals surface area contributed by atoms with E-state index in [4.69, 9.17) is 4.74 Å². The van der Waals surface area contributed by atoms with Gasteiger partial charge in [-0.25, -0.2) is 0 Å². The number of hydrogen-bond acceptors (Lipinski definition) is 3. The first-order valence-electron chi connectivity index (χ1n) is 6.25. The number of nitrogens with one attached hydrogen (secondary N) is 1. The van der Waals surface area contributed by atoms with Crippen molar-refractivity contribution in [3.63, 3.8) is 0 Å². The number of ether oxygens (including phenoxy) is 1. The van der Waals surface area contributed by atoms with Gasteiger partial charge in [0.1, 0.15) is 12.4 Å². The Bertz CT molecular complexity index is 493. The molecule has 0 fully saturated rings. The fourth-order valence-electron chi connectivity index (χ4n) is 1.70. The van der Waals surface area contributed by atoms with Crippen LogP contribution >= 0.6 is 11.3 Å². The van der Waals surface area contributed by atoms with Crippen LogP contribution in [0.1, 0.15) is 22.2 Å². The van der Waals surface area contributed by atoms with E-state index in [1.165, 1.54) is 15.3 Å². The minimum atomic E-state index is 0.653. The molecule has 0 radical (unpaired) electrons. The lowest BCUT2D eigenvalue weighted by Gasteiger charge is -2.05. The largest absolute Gasteiger partial charge is 0.488 e. The highest BCUT2D eigenvalue weighted by atomic mass is 32.1. The molecule has 0 aliphatic heterocycles. The molecule has 1 aromatic carbocycles. The fourth-order valence-corrected chi connectivity index (χ4v) is 2.60. The fraction of sp³-hybridized carbons (Fsp3) is 0.333. The maximum atomic E-state index is 5.78. The second kappa shape index (κ2) is 6.57. The van der Waals surface area contributed by atoms with Gasteiger partial charge in [0.25, 0.3) is 0 Å². The second-order valence-corrected chi connectivity index (χ2v) is 5.51. The quantitative estimate of drug-likeness (QED) is 0.855. The molecule has 0 saturated carbocycles. The van der Waals surface area contributed by atoms with E-state index < -0.39 is 0 Å². The molecule has 1 heterocycles. The first-order chi connectivity index (χ1) is 8.78. The molecule has 3 heteroatoms. The molecular formula is C15H19NOS. The Morgan fingerprint density at radius 2 is 2.00 bits per heavy atom. The Kier molecular flexibility index (Phi) is 4.79. The Balaban J connectivity index is 1.88. The van der Waals surface area contributed by atoms with Gasteiger partial charge < -0.3 is 10.1 Å². The smallest absolute Gasteiger partial charge is 0.122 e. The van der Waals surface area contributed by atoms with Crippen LogP contribution in [0.15, 0.2) is 36.4 Å². The van der Waals surface area contributed by atoms with Gasteiger partial charge in [-0.05, 0) is 43.3 Å². The normalized spacial score (nSPS) is 10.6. The maximum Gasteiger partial charge on any atom is 0.122 e. The standard InChI is InChI=1S/C15H19NOS/c1-3-16-10-14-7-8-15(18-14)11-17-13-6-4-5-12(2)9-13/h4-9,16H,3,10-11H2,1-2H3. The van der Waals surface area contributed by atoms with Crippen molar-refractivity contribution in [2.24, 2.45) is 0 Å². The molecule has 0 bridgehead atoms. The average Bonchev–Trinajstić information content (AvgIpc) is 2.82. The summed E-state index contributed by atoms with van der Waals surface area (Å²) >= 11 is 1.81. The van der Waals surface area contributed by atoms with Crippen molar-refractivity contribution in [2.45, 2.75) is 27.0 Å². The van der Waals surface area contributed by atoms with Crippen LogP contribution in [0, 0.1) is 6.92 Å². The number of benzene rings is 1. The van der Waals surface area contributed by atoms with Crippen LogP contribution in [-0.4, -0.2) is 6.54 Å². The molecule has 0 atom stereocenters. The number of thiophene rings is 1. The highest BCUT2D eigenvalue weighted by Crippen LogP contribution is 2.19. The molecule has 0 saturated heterocycles. The highest BCUT2D eigenvalue weighted by Gasteiger charge is 2.01. The van der Waals surface area contributed by atoms with Gasteiger partial charge in [-0.1, -0.05) is 19.1 Å². The zero-order valence-corrected chi connectivity index (χ0v) is 11.7. The van der Waals surface area contributed by atoms with Crippen LogP contribution in [0.25, 0.3) is 0 Å². The van der Waals surface area contributed by atoms with E-state index in [1.807, 2.05) is 23.5 Å². The van der Waals surface area contributed by atoms with Gasteiger partial charge >= 0.3 is 0 Å². The van der Waals surface area contributed by atoms with Gasteiger partial charge in [0.2, 0.25) is 0 Å². The van der Waals surface area contributed by atoms with Crippen LogP contribution in [-0.2, 0) is 13.2 Å². The van der Waals surface area contributed by atoms with E-state index >= 15 is 0 Å². The van der Waals surface area contributed by atoms with Gasteiger partial charge in [-0.2, -0.15) is 0 Å². The van der Waals surface area contributed by atoms with Crippen LogP contribution in [0.2, 0.25) is 0 Å². The summed E-state index contributed by atoms with van der Waals surface area (Å²) < 4.78 is 5.78. The minimum absolute atomic E-state index is 0.653. The second-order valence-electron chi connectivity index (χ2n) is 4.25. The van der Waals surface area contributed by atoms with Crippen molar-refractivity contribution in [1.82, 2.24) is 5.32 Å². The molecule has 2 nitrogen and oxygen atoms in total. The lowest BCUT2D eigenvalue weighted by atomic mass is 10.2. The third kappa shape index (κ3) is 3.86. The number of rotatable bonds is 6. The van der Waals surface area contributed by atoms with Gasteiger partial charge in [0, 0.05) is 16.3 Å². The highest BCUT2D eigenvalue weighted by molar-refractivity contribution is 7.11. The van der Waals surface area contributed by atoms with E-state index in [2.05, 4.69) is 43.4 Å². The topological polar surface area (TPSA) is 21.3 Å². The third-order valence-electron chi connectivity index (χ3n) is 2.64. The summed E-state index contributed by atoms with van der Waals surface area (Å²) in [4.78, 5) is 2.63. The Hall–Kier alpha value is -1.32. The first-order valence-corrected chi connectivity index (χ1v) is 7.07. The Morgan fingerprint density at radius 3 is 2.78 bits per heavy atom. The first kappa shape index (κ1) is 13.1. The number of hydrogen-bond donors (Lipinski definition) is 1. The minimum Gasteiger partial charge on any atom is -0.488 e. The SMILES string of the molecule is CCNCc1ccc(COc2cccc(C)c2)s1. The van der Waals surface area contributed by atoms with Crippen LogP contribution in [0.5, 0.6) is 5.75 Å². The molecule has 0 aliphatic carbocycles. The summed E-state index contributed by atoms with van der Waals surface area (Å²) in [6, 6.07) is 12.5. The lowest BCUT2D eigenvalue weighted by molar-refractivity contribution is 0.309. The molecule has 2 aromatic rings. The van der Waals surface area contributed by atoms with Gasteiger partial charge in [0.15, 0.2) is 0 Å². The van der Waals surface area contributed by atoms with Crippen molar-refractivity contribution in [2.75, 3.05) is 6.54 Å². The summed E-state index contributed by atoms with van der Waals surface area (Å²) in [6.45, 7) is 6.81. The average molecular weight is 261 g/mol. The molecule has 18 heavy (non-hydrogen) atoms. The molecule has 1 aromatic heterocycles. The summed E-state index contributed by atoms with van der Waals surface area (Å²) in [5, 5.41) is 3.33. The molecule has 0 spiro atoms. The van der Waals surface area contributed by atoms with E-state index in [0.717, 1.165) is 18.8 Å². The van der Waals surface area contributed by atoms with Crippen molar-refractivity contribution >= 4 is 11.3 Å². The van der Waals surface area contributed by atoms with Gasteiger partial charge in [-0.15, -0.1) is 11.3 Å². The molecule has 0 amide bonds. The van der Waals surface area contributed by atoms with Crippen molar-refractivity contribution in [3.05, 3.63) is 51.7 Å². The van der Waals surface area contributed by atoms with E-state index in [0.29, 0.717) is 6.61 Å². The number of aryl methyl sites for hydroxylation is 1. The summed E-state index contributed by atoms with van der Waals surface area (Å²) in [5.41, 5.74) is 1.23. The predicted molar refractivity (Wildman–Crippen MR) is 77.2 cm³/mol. The lowest BCUT2D eigenvalue weighted by Crippen LogP contribution is -2.10. The Labute approximate surface area is 113 Å². The molecule has 1 N–H and O–H groups in total. The molecular weight excluding hydrogens is 242 g/mol. The van der Waals surface area contributed by atoms with Gasteiger partial charge in [0.05, 0.1) is 0 Å². The molecule has 2 rings (SSSR count). The van der Waals surface area contributed by atoms with Crippen LogP contribution in [0.4, 0.5) is 0 Å². The zero-order valence-electron chi connectivity index (χ0n) is 10.9. The Morgan fingerprint density at radius 1 is 1.17 bits per heavy atom. The zero-order chi connectivity index (χ0) is 12.8. The predicted octanol–water partition coefficient (Wildman–Crippen LogP) is 3.75. The molecule has 96 valence electrons. The summed E-state index contributed by atoms with van der Waals surface area (Å²) in [5.74, 6) is 0.941. The van der Waals surface area contributed by atoms with Crippen LogP contribution < -0.4 is 10.1 Å². The molecule has 0 aliphatic rings. The van der Waals surface area contributed by atoms with Crippen molar-refractivity contribution in [1.29, 1.82) is 0 Å². The van der Waals surface area contributed by atoms with E-state index in [1.54, 1.807) is 0 Å². The van der Waals surface area contributed by atoms with Crippen LogP contribution in [0.3, 0.4) is 0 Å². The maximum absolute atomic E-state index is 5.78.